The highest BCUT2D eigenvalue weighted by Gasteiger charge is 2.13. The Morgan fingerprint density at radius 3 is 2.85 bits per heavy atom. The van der Waals surface area contributed by atoms with Crippen molar-refractivity contribution in [2.75, 3.05) is 0 Å². The van der Waals surface area contributed by atoms with Crippen molar-refractivity contribution in [2.45, 2.75) is 19.8 Å². The highest BCUT2D eigenvalue weighted by molar-refractivity contribution is 5.59. The predicted octanol–water partition coefficient (Wildman–Crippen LogP) is 2.16. The number of pyridine rings is 1. The number of fused-ring (bicyclic) bond motifs is 1. The fraction of sp³-hybridized carbons (Fsp3) is 0.300. The third-order valence-corrected chi connectivity index (χ3v) is 2.14. The Kier molecular flexibility index (Phi) is 1.72. The Hall–Kier alpha value is -1.51. The summed E-state index contributed by atoms with van der Waals surface area (Å²) >= 11 is 0. The minimum atomic E-state index is 0.140. The number of hydrogen-bond acceptors (Lipinski definition) is 2. The maximum Gasteiger partial charge on any atom is 0.234 e. The lowest BCUT2D eigenvalue weighted by atomic mass is 10.1. The second kappa shape index (κ2) is 2.76. The number of nitrogens with zero attached hydrogens (tertiary/aromatic N) is 2. The first-order valence-electron chi connectivity index (χ1n) is 4.36. The quantitative estimate of drug-likeness (QED) is 0.723. The number of rotatable bonds is 1. The van der Waals surface area contributed by atoms with E-state index in [9.17, 15) is 5.11 Å². The van der Waals surface area contributed by atoms with Crippen molar-refractivity contribution in [1.29, 1.82) is 0 Å². The third-order valence-electron chi connectivity index (χ3n) is 2.14. The van der Waals surface area contributed by atoms with Crippen molar-refractivity contribution in [2.24, 2.45) is 0 Å². The Labute approximate surface area is 76.6 Å². The zero-order valence-electron chi connectivity index (χ0n) is 7.73. The monoisotopic (exact) mass is 176 g/mol. The summed E-state index contributed by atoms with van der Waals surface area (Å²) < 4.78 is 1.70. The van der Waals surface area contributed by atoms with E-state index in [0.29, 0.717) is 5.92 Å². The molecule has 0 aromatic carbocycles. The lowest BCUT2D eigenvalue weighted by molar-refractivity contribution is 0.441. The molecule has 0 aliphatic carbocycles. The van der Waals surface area contributed by atoms with E-state index in [0.717, 1.165) is 11.1 Å². The first-order valence-corrected chi connectivity index (χ1v) is 4.36. The molecule has 0 radical (unpaired) electrons. The predicted molar refractivity (Wildman–Crippen MR) is 50.9 cm³/mol. The molecule has 1 N–H and O–H groups in total. The molecular formula is C10H12N2O. The molecular weight excluding hydrogens is 164 g/mol. The molecule has 3 heteroatoms. The average Bonchev–Trinajstić information content (AvgIpc) is 2.39. The van der Waals surface area contributed by atoms with Crippen LogP contribution in [0.1, 0.15) is 25.3 Å². The Morgan fingerprint density at radius 1 is 1.38 bits per heavy atom. The molecule has 2 rings (SSSR count). The van der Waals surface area contributed by atoms with E-state index in [-0.39, 0.29) is 5.88 Å². The van der Waals surface area contributed by atoms with E-state index in [4.69, 9.17) is 0 Å². The molecule has 0 bridgehead atoms. The molecule has 2 aromatic rings. The lowest BCUT2D eigenvalue weighted by Gasteiger charge is -2.01. The third kappa shape index (κ3) is 1.16. The van der Waals surface area contributed by atoms with Crippen LogP contribution in [0.15, 0.2) is 24.4 Å². The summed E-state index contributed by atoms with van der Waals surface area (Å²) in [4.78, 5) is 0. The highest BCUT2D eigenvalue weighted by atomic mass is 16.3. The van der Waals surface area contributed by atoms with Gasteiger partial charge in [0, 0.05) is 11.8 Å². The van der Waals surface area contributed by atoms with Crippen LogP contribution in [-0.4, -0.2) is 14.7 Å². The van der Waals surface area contributed by atoms with Gasteiger partial charge < -0.3 is 5.11 Å². The molecule has 0 spiro atoms. The average molecular weight is 176 g/mol. The van der Waals surface area contributed by atoms with Gasteiger partial charge in [-0.25, -0.2) is 4.52 Å². The molecule has 0 atom stereocenters. The van der Waals surface area contributed by atoms with Crippen molar-refractivity contribution < 1.29 is 5.11 Å². The van der Waals surface area contributed by atoms with Gasteiger partial charge in [-0.3, -0.25) is 0 Å². The highest BCUT2D eigenvalue weighted by Crippen LogP contribution is 2.28. The van der Waals surface area contributed by atoms with Gasteiger partial charge in [-0.2, -0.15) is 0 Å². The number of aromatic hydroxyl groups is 1. The Bertz CT molecular complexity index is 431. The van der Waals surface area contributed by atoms with Crippen LogP contribution in [-0.2, 0) is 0 Å². The standard InChI is InChI=1S/C10H12N2O/c1-7(2)9-8-5-3-4-6-12(8)11-10(9)13/h3-7H,1-2H3,(H,11,13). The minimum Gasteiger partial charge on any atom is -0.492 e. The van der Waals surface area contributed by atoms with E-state index in [1.807, 2.05) is 38.2 Å². The number of hydrogen-bond donors (Lipinski definition) is 1. The van der Waals surface area contributed by atoms with Crippen molar-refractivity contribution in [3.05, 3.63) is 30.0 Å². The SMILES string of the molecule is CC(C)c1c(O)nn2ccccc12. The molecule has 0 amide bonds. The molecule has 0 saturated heterocycles. The summed E-state index contributed by atoms with van der Waals surface area (Å²) in [5.41, 5.74) is 1.90. The molecule has 3 nitrogen and oxygen atoms in total. The van der Waals surface area contributed by atoms with E-state index in [1.54, 1.807) is 4.52 Å². The summed E-state index contributed by atoms with van der Waals surface area (Å²) in [6.45, 7) is 4.09. The van der Waals surface area contributed by atoms with Gasteiger partial charge in [0.1, 0.15) is 0 Å². The lowest BCUT2D eigenvalue weighted by Crippen LogP contribution is -1.87. The van der Waals surface area contributed by atoms with Crippen molar-refractivity contribution >= 4 is 5.52 Å². The summed E-state index contributed by atoms with van der Waals surface area (Å²) in [6.07, 6.45) is 1.83. The van der Waals surface area contributed by atoms with Gasteiger partial charge in [0.15, 0.2) is 0 Å². The van der Waals surface area contributed by atoms with E-state index >= 15 is 0 Å². The zero-order valence-corrected chi connectivity index (χ0v) is 7.73. The normalized spacial score (nSPS) is 11.3. The smallest absolute Gasteiger partial charge is 0.234 e. The van der Waals surface area contributed by atoms with Crippen LogP contribution in [0.4, 0.5) is 0 Å². The maximum atomic E-state index is 9.57. The maximum absolute atomic E-state index is 9.57. The van der Waals surface area contributed by atoms with Gasteiger partial charge in [0.25, 0.3) is 0 Å². The van der Waals surface area contributed by atoms with Gasteiger partial charge in [-0.05, 0) is 18.1 Å². The fourth-order valence-corrected chi connectivity index (χ4v) is 1.56. The van der Waals surface area contributed by atoms with Crippen LogP contribution in [0.5, 0.6) is 5.88 Å². The Balaban J connectivity index is 2.78. The van der Waals surface area contributed by atoms with Crippen molar-refractivity contribution in [3.63, 3.8) is 0 Å². The molecule has 2 heterocycles. The van der Waals surface area contributed by atoms with Gasteiger partial charge >= 0.3 is 0 Å². The van der Waals surface area contributed by atoms with Crippen molar-refractivity contribution in [3.8, 4) is 5.88 Å². The summed E-state index contributed by atoms with van der Waals surface area (Å²) in [5.74, 6) is 0.432. The minimum absolute atomic E-state index is 0.140. The summed E-state index contributed by atoms with van der Waals surface area (Å²) in [6, 6.07) is 5.80. The molecule has 0 aliphatic rings. The fourth-order valence-electron chi connectivity index (χ4n) is 1.56. The summed E-state index contributed by atoms with van der Waals surface area (Å²) in [7, 11) is 0. The first-order chi connectivity index (χ1) is 6.20. The van der Waals surface area contributed by atoms with Crippen LogP contribution in [0.25, 0.3) is 5.52 Å². The van der Waals surface area contributed by atoms with Gasteiger partial charge in [0.05, 0.1) is 5.52 Å². The van der Waals surface area contributed by atoms with Crippen molar-refractivity contribution in [1.82, 2.24) is 9.61 Å². The topological polar surface area (TPSA) is 37.5 Å². The molecule has 0 fully saturated rings. The van der Waals surface area contributed by atoms with Gasteiger partial charge in [-0.15, -0.1) is 5.10 Å². The number of aromatic nitrogens is 2. The molecule has 2 aromatic heterocycles. The van der Waals surface area contributed by atoms with E-state index in [2.05, 4.69) is 5.10 Å². The van der Waals surface area contributed by atoms with Crippen LogP contribution < -0.4 is 0 Å². The second-order valence-electron chi connectivity index (χ2n) is 3.42. The van der Waals surface area contributed by atoms with Crippen LogP contribution in [0, 0.1) is 0 Å². The first kappa shape index (κ1) is 8.10. The summed E-state index contributed by atoms with van der Waals surface area (Å²) in [5, 5.41) is 13.6. The van der Waals surface area contributed by atoms with Crippen LogP contribution in [0.2, 0.25) is 0 Å². The second-order valence-corrected chi connectivity index (χ2v) is 3.42. The molecule has 0 unspecified atom stereocenters. The van der Waals surface area contributed by atoms with Gasteiger partial charge in [0.2, 0.25) is 5.88 Å². The Morgan fingerprint density at radius 2 is 2.15 bits per heavy atom. The van der Waals surface area contributed by atoms with Crippen LogP contribution >= 0.6 is 0 Å². The molecule has 68 valence electrons. The largest absolute Gasteiger partial charge is 0.492 e. The van der Waals surface area contributed by atoms with Gasteiger partial charge in [-0.1, -0.05) is 19.9 Å². The molecule has 0 aliphatic heterocycles. The van der Waals surface area contributed by atoms with E-state index in [1.165, 1.54) is 0 Å². The molecule has 13 heavy (non-hydrogen) atoms. The molecule has 0 saturated carbocycles. The zero-order chi connectivity index (χ0) is 9.42. The van der Waals surface area contributed by atoms with Crippen LogP contribution in [0.3, 0.4) is 0 Å². The van der Waals surface area contributed by atoms with E-state index < -0.39 is 0 Å².